The van der Waals surface area contributed by atoms with Crippen LogP contribution in [0.1, 0.15) is 25.1 Å². The van der Waals surface area contributed by atoms with Gasteiger partial charge in [0.2, 0.25) is 0 Å². The quantitative estimate of drug-likeness (QED) is 0.924. The van der Waals surface area contributed by atoms with E-state index in [1.807, 2.05) is 6.92 Å². The number of hydrogen-bond donors (Lipinski definition) is 1. The fraction of sp³-hybridized carbons (Fsp3) is 0.667. The van der Waals surface area contributed by atoms with Gasteiger partial charge in [0.05, 0.1) is 0 Å². The monoisotopic (exact) mass is 299 g/mol. The summed E-state index contributed by atoms with van der Waals surface area (Å²) in [5.74, 6) is 1.48. The van der Waals surface area contributed by atoms with E-state index in [2.05, 4.69) is 26.2 Å². The van der Waals surface area contributed by atoms with Crippen molar-refractivity contribution in [3.63, 3.8) is 0 Å². The Hall–Kier alpha value is -0.680. The molecule has 1 N–H and O–H groups in total. The van der Waals surface area contributed by atoms with Crippen molar-refractivity contribution in [1.82, 2.24) is 14.9 Å². The molecule has 0 aliphatic carbocycles. The van der Waals surface area contributed by atoms with E-state index in [1.165, 1.54) is 12.8 Å². The van der Waals surface area contributed by atoms with E-state index in [0.29, 0.717) is 10.4 Å². The molecule has 1 atom stereocenters. The maximum absolute atomic E-state index is 11.9. The van der Waals surface area contributed by atoms with Crippen LogP contribution in [0.5, 0.6) is 0 Å². The third-order valence-electron chi connectivity index (χ3n) is 3.36. The summed E-state index contributed by atoms with van der Waals surface area (Å²) in [5.41, 5.74) is 0.0290. The molecular weight excluding hydrogens is 282 g/mol. The molecule has 0 bridgehead atoms. The summed E-state index contributed by atoms with van der Waals surface area (Å²) < 4.78 is 2.31. The number of hydrogen-bond acceptors (Lipinski definition) is 3. The molecule has 2 rings (SSSR count). The van der Waals surface area contributed by atoms with Gasteiger partial charge in [-0.2, -0.15) is 0 Å². The summed E-state index contributed by atoms with van der Waals surface area (Å²) in [4.78, 5) is 16.1. The fourth-order valence-corrected chi connectivity index (χ4v) is 2.61. The highest BCUT2D eigenvalue weighted by Gasteiger charge is 2.14. The number of nitrogens with one attached hydrogen (secondary N) is 1. The van der Waals surface area contributed by atoms with Crippen molar-refractivity contribution in [3.8, 4) is 0 Å². The molecule has 5 heteroatoms. The van der Waals surface area contributed by atoms with Crippen molar-refractivity contribution in [2.24, 2.45) is 5.92 Å². The first kappa shape index (κ1) is 12.8. The van der Waals surface area contributed by atoms with Crippen LogP contribution < -0.4 is 10.9 Å². The van der Waals surface area contributed by atoms with E-state index in [1.54, 1.807) is 10.8 Å². The lowest BCUT2D eigenvalue weighted by atomic mass is 9.96. The molecule has 0 amide bonds. The first-order valence-corrected chi connectivity index (χ1v) is 6.90. The van der Waals surface area contributed by atoms with Crippen molar-refractivity contribution in [2.45, 2.75) is 32.7 Å². The first-order chi connectivity index (χ1) is 8.18. The van der Waals surface area contributed by atoms with Gasteiger partial charge in [0.15, 0.2) is 0 Å². The number of aromatic nitrogens is 2. The molecule has 17 heavy (non-hydrogen) atoms. The van der Waals surface area contributed by atoms with Crippen molar-refractivity contribution in [3.05, 3.63) is 26.8 Å². The summed E-state index contributed by atoms with van der Waals surface area (Å²) in [6.45, 7) is 4.86. The minimum absolute atomic E-state index is 0.0290. The van der Waals surface area contributed by atoms with Crippen molar-refractivity contribution >= 4 is 15.9 Å². The third-order valence-corrected chi connectivity index (χ3v) is 3.91. The Morgan fingerprint density at radius 2 is 2.47 bits per heavy atom. The van der Waals surface area contributed by atoms with Crippen LogP contribution in [0.25, 0.3) is 0 Å². The van der Waals surface area contributed by atoms with Gasteiger partial charge in [0, 0.05) is 12.7 Å². The van der Waals surface area contributed by atoms with Crippen molar-refractivity contribution in [1.29, 1.82) is 0 Å². The number of rotatable bonds is 3. The lowest BCUT2D eigenvalue weighted by Gasteiger charge is -2.23. The van der Waals surface area contributed by atoms with Gasteiger partial charge in [-0.3, -0.25) is 9.36 Å². The van der Waals surface area contributed by atoms with Gasteiger partial charge in [0.1, 0.15) is 10.3 Å². The maximum Gasteiger partial charge on any atom is 0.267 e. The van der Waals surface area contributed by atoms with Gasteiger partial charge in [-0.05, 0) is 61.1 Å². The normalized spacial score (nSPS) is 20.5. The molecular formula is C12H18BrN3O. The predicted molar refractivity (Wildman–Crippen MR) is 71.1 cm³/mol. The largest absolute Gasteiger partial charge is 0.316 e. The maximum atomic E-state index is 11.9. The van der Waals surface area contributed by atoms with E-state index in [9.17, 15) is 4.79 Å². The summed E-state index contributed by atoms with van der Waals surface area (Å²) in [7, 11) is 0. The topological polar surface area (TPSA) is 46.9 Å². The molecule has 1 fully saturated rings. The van der Waals surface area contributed by atoms with Gasteiger partial charge < -0.3 is 5.32 Å². The van der Waals surface area contributed by atoms with Crippen LogP contribution >= 0.6 is 15.9 Å². The average molecular weight is 300 g/mol. The van der Waals surface area contributed by atoms with Crippen LogP contribution in [0.4, 0.5) is 0 Å². The zero-order chi connectivity index (χ0) is 12.3. The Morgan fingerprint density at radius 3 is 3.18 bits per heavy atom. The van der Waals surface area contributed by atoms with Crippen LogP contribution in [-0.4, -0.2) is 22.6 Å². The molecule has 1 aliphatic rings. The van der Waals surface area contributed by atoms with Crippen molar-refractivity contribution < 1.29 is 0 Å². The standard InChI is InChI=1S/C12H18BrN3O/c1-9-15-8-11(13)12(17)16(9)6-4-10-3-2-5-14-7-10/h8,10,14H,2-7H2,1H3. The van der Waals surface area contributed by atoms with Gasteiger partial charge >= 0.3 is 0 Å². The van der Waals surface area contributed by atoms with Crippen LogP contribution in [0.2, 0.25) is 0 Å². The zero-order valence-corrected chi connectivity index (χ0v) is 11.7. The fourth-order valence-electron chi connectivity index (χ4n) is 2.30. The highest BCUT2D eigenvalue weighted by atomic mass is 79.9. The Morgan fingerprint density at radius 1 is 1.65 bits per heavy atom. The SMILES string of the molecule is Cc1ncc(Br)c(=O)n1CCC1CCCNC1. The zero-order valence-electron chi connectivity index (χ0n) is 10.1. The van der Waals surface area contributed by atoms with E-state index in [4.69, 9.17) is 0 Å². The van der Waals surface area contributed by atoms with Crippen molar-refractivity contribution in [2.75, 3.05) is 13.1 Å². The summed E-state index contributed by atoms with van der Waals surface area (Å²) in [6, 6.07) is 0. The van der Waals surface area contributed by atoms with E-state index in [-0.39, 0.29) is 5.56 Å². The highest BCUT2D eigenvalue weighted by molar-refractivity contribution is 9.10. The molecule has 2 heterocycles. The van der Waals surface area contributed by atoms with Gasteiger partial charge in [0.25, 0.3) is 5.56 Å². The number of piperidine rings is 1. The molecule has 0 aromatic carbocycles. The van der Waals surface area contributed by atoms with Crippen LogP contribution in [0.3, 0.4) is 0 Å². The molecule has 4 nitrogen and oxygen atoms in total. The first-order valence-electron chi connectivity index (χ1n) is 6.11. The number of nitrogens with zero attached hydrogens (tertiary/aromatic N) is 2. The lowest BCUT2D eigenvalue weighted by molar-refractivity contribution is 0.338. The summed E-state index contributed by atoms with van der Waals surface area (Å²) in [5, 5.41) is 3.40. The Labute approximate surface area is 110 Å². The molecule has 0 radical (unpaired) electrons. The molecule has 1 unspecified atom stereocenters. The Kier molecular flexibility index (Phi) is 4.34. The van der Waals surface area contributed by atoms with Crippen LogP contribution in [0.15, 0.2) is 15.5 Å². The molecule has 1 aliphatic heterocycles. The summed E-state index contributed by atoms with van der Waals surface area (Å²) >= 11 is 3.24. The number of halogens is 1. The molecule has 1 saturated heterocycles. The molecule has 0 spiro atoms. The van der Waals surface area contributed by atoms with Gasteiger partial charge in [-0.1, -0.05) is 0 Å². The smallest absolute Gasteiger partial charge is 0.267 e. The second kappa shape index (κ2) is 5.78. The minimum Gasteiger partial charge on any atom is -0.316 e. The third kappa shape index (κ3) is 3.16. The van der Waals surface area contributed by atoms with Gasteiger partial charge in [-0.15, -0.1) is 0 Å². The Balaban J connectivity index is 2.03. The lowest BCUT2D eigenvalue weighted by Crippen LogP contribution is -2.32. The van der Waals surface area contributed by atoms with E-state index < -0.39 is 0 Å². The van der Waals surface area contributed by atoms with E-state index in [0.717, 1.165) is 31.9 Å². The predicted octanol–water partition coefficient (Wildman–Crippen LogP) is 1.70. The van der Waals surface area contributed by atoms with Crippen LogP contribution in [0, 0.1) is 12.8 Å². The van der Waals surface area contributed by atoms with Gasteiger partial charge in [-0.25, -0.2) is 4.98 Å². The molecule has 0 saturated carbocycles. The number of aryl methyl sites for hydroxylation is 1. The molecule has 94 valence electrons. The van der Waals surface area contributed by atoms with Crippen LogP contribution in [-0.2, 0) is 6.54 Å². The molecule has 1 aromatic rings. The molecule has 1 aromatic heterocycles. The second-order valence-electron chi connectivity index (χ2n) is 4.61. The Bertz CT molecular complexity index is 438. The average Bonchev–Trinajstić information content (AvgIpc) is 2.35. The highest BCUT2D eigenvalue weighted by Crippen LogP contribution is 2.15. The second-order valence-corrected chi connectivity index (χ2v) is 5.47. The minimum atomic E-state index is 0.0290. The van der Waals surface area contributed by atoms with E-state index >= 15 is 0 Å². The summed E-state index contributed by atoms with van der Waals surface area (Å²) in [6.07, 6.45) is 5.14.